The third-order valence-corrected chi connectivity index (χ3v) is 8.65. The number of benzene rings is 1. The maximum atomic E-state index is 13.4. The molecule has 8 heteroatoms. The van der Waals surface area contributed by atoms with E-state index in [4.69, 9.17) is 28.3 Å². The van der Waals surface area contributed by atoms with Gasteiger partial charge < -0.3 is 0 Å². The fraction of sp³-hybridized carbons (Fsp3) is 0.407. The number of carbonyl (C=O) groups is 1. The molecule has 1 aromatic carbocycles. The van der Waals surface area contributed by atoms with Gasteiger partial charge in [-0.3, -0.25) is 10.2 Å². The molecule has 5 nitrogen and oxygen atoms in total. The van der Waals surface area contributed by atoms with E-state index in [-0.39, 0.29) is 5.91 Å². The number of hydrogen-bond acceptors (Lipinski definition) is 4. The number of nitrogens with one attached hydrogen (secondary N) is 1. The lowest BCUT2D eigenvalue weighted by molar-refractivity contribution is 0.0808. The molecule has 1 amide bonds. The fourth-order valence-electron chi connectivity index (χ4n) is 5.29. The normalized spacial score (nSPS) is 20.1. The maximum Gasteiger partial charge on any atom is 0.286 e. The molecule has 2 aliphatic rings. The van der Waals surface area contributed by atoms with Gasteiger partial charge in [-0.25, -0.2) is 9.69 Å². The second kappa shape index (κ2) is 10.5. The van der Waals surface area contributed by atoms with Gasteiger partial charge in [0.15, 0.2) is 5.69 Å². The molecule has 2 atom stereocenters. The van der Waals surface area contributed by atoms with Crippen LogP contribution >= 0.6 is 34.5 Å². The molecule has 35 heavy (non-hydrogen) atoms. The van der Waals surface area contributed by atoms with E-state index < -0.39 is 0 Å². The molecular formula is C27H30Cl2N4OS. The summed E-state index contributed by atoms with van der Waals surface area (Å²) in [5.41, 5.74) is 5.94. The van der Waals surface area contributed by atoms with E-state index in [2.05, 4.69) is 41.6 Å². The first-order valence-electron chi connectivity index (χ1n) is 12.3. The number of allylic oxidation sites excluding steroid dienone is 1. The Morgan fingerprint density at radius 1 is 1.20 bits per heavy atom. The maximum absolute atomic E-state index is 13.4. The molecule has 0 radical (unpaired) electrons. The Hall–Kier alpha value is -2.12. The second-order valence-corrected chi connectivity index (χ2v) is 11.5. The number of hydrazine groups is 1. The zero-order chi connectivity index (χ0) is 24.5. The van der Waals surface area contributed by atoms with Crippen LogP contribution in [0, 0.1) is 18.8 Å². The lowest BCUT2D eigenvalue weighted by atomic mass is 10.0. The molecule has 0 spiro atoms. The molecule has 2 unspecified atom stereocenters. The first-order chi connectivity index (χ1) is 16.9. The SMILES string of the molecule is CCC/C=C/c1ccc(-c2c(C)c(C(=O)NN3CC4CCCC4C3)nn2-c2ccc(Cl)cc2Cl)s1. The first kappa shape index (κ1) is 24.6. The minimum atomic E-state index is -0.174. The number of fused-ring (bicyclic) bond motifs is 1. The molecule has 1 aliphatic carbocycles. The van der Waals surface area contributed by atoms with E-state index in [1.165, 1.54) is 19.3 Å². The number of hydrogen-bond donors (Lipinski definition) is 1. The van der Waals surface area contributed by atoms with Gasteiger partial charge in [0.2, 0.25) is 0 Å². The van der Waals surface area contributed by atoms with Crippen LogP contribution in [-0.2, 0) is 0 Å². The summed E-state index contributed by atoms with van der Waals surface area (Å²) in [5.74, 6) is 1.22. The Morgan fingerprint density at radius 3 is 2.69 bits per heavy atom. The van der Waals surface area contributed by atoms with Crippen molar-refractivity contribution in [3.05, 3.63) is 62.6 Å². The van der Waals surface area contributed by atoms with Crippen LogP contribution in [0.5, 0.6) is 0 Å². The lowest BCUT2D eigenvalue weighted by Crippen LogP contribution is -2.41. The van der Waals surface area contributed by atoms with Crippen LogP contribution in [-0.4, -0.2) is 33.8 Å². The Labute approximate surface area is 220 Å². The van der Waals surface area contributed by atoms with Gasteiger partial charge in [-0.2, -0.15) is 5.10 Å². The fourth-order valence-corrected chi connectivity index (χ4v) is 6.80. The molecule has 1 saturated carbocycles. The third-order valence-electron chi connectivity index (χ3n) is 7.06. The van der Waals surface area contributed by atoms with Crippen molar-refractivity contribution in [3.63, 3.8) is 0 Å². The summed E-state index contributed by atoms with van der Waals surface area (Å²) >= 11 is 14.4. The summed E-state index contributed by atoms with van der Waals surface area (Å²) < 4.78 is 1.78. The highest BCUT2D eigenvalue weighted by Gasteiger charge is 2.37. The van der Waals surface area contributed by atoms with Crippen molar-refractivity contribution in [2.75, 3.05) is 13.1 Å². The van der Waals surface area contributed by atoms with E-state index in [9.17, 15) is 4.79 Å². The molecule has 2 aromatic heterocycles. The van der Waals surface area contributed by atoms with Gasteiger partial charge in [-0.05, 0) is 74.4 Å². The van der Waals surface area contributed by atoms with E-state index in [1.807, 2.05) is 13.0 Å². The van der Waals surface area contributed by atoms with Crippen molar-refractivity contribution >= 4 is 46.5 Å². The van der Waals surface area contributed by atoms with E-state index >= 15 is 0 Å². The van der Waals surface area contributed by atoms with Crippen LogP contribution in [0.1, 0.15) is 60.0 Å². The number of thiophene rings is 1. The van der Waals surface area contributed by atoms with Crippen molar-refractivity contribution in [2.45, 2.75) is 46.0 Å². The van der Waals surface area contributed by atoms with Crippen LogP contribution in [0.15, 0.2) is 36.4 Å². The predicted molar refractivity (Wildman–Crippen MR) is 145 cm³/mol. The van der Waals surface area contributed by atoms with E-state index in [0.29, 0.717) is 33.3 Å². The second-order valence-electron chi connectivity index (χ2n) is 9.52. The van der Waals surface area contributed by atoms with Crippen molar-refractivity contribution in [1.82, 2.24) is 20.2 Å². The van der Waals surface area contributed by atoms with Gasteiger partial charge in [-0.1, -0.05) is 49.0 Å². The third kappa shape index (κ3) is 5.08. The Kier molecular flexibility index (Phi) is 7.35. The van der Waals surface area contributed by atoms with Crippen molar-refractivity contribution in [3.8, 4) is 16.3 Å². The highest BCUT2D eigenvalue weighted by atomic mass is 35.5. The number of unbranched alkanes of at least 4 members (excludes halogenated alkanes) is 1. The Morgan fingerprint density at radius 2 is 1.97 bits per heavy atom. The summed E-state index contributed by atoms with van der Waals surface area (Å²) in [6.07, 6.45) is 10.3. The molecule has 1 N–H and O–H groups in total. The number of rotatable bonds is 7. The summed E-state index contributed by atoms with van der Waals surface area (Å²) in [5, 5.41) is 7.90. The number of halogens is 2. The Bertz CT molecular complexity index is 1250. The Balaban J connectivity index is 1.50. The molecule has 3 aromatic rings. The zero-order valence-electron chi connectivity index (χ0n) is 20.1. The molecule has 1 aliphatic heterocycles. The molecule has 0 bridgehead atoms. The quantitative estimate of drug-likeness (QED) is 0.347. The van der Waals surface area contributed by atoms with Crippen LogP contribution in [0.25, 0.3) is 22.3 Å². The molecular weight excluding hydrogens is 499 g/mol. The number of aromatic nitrogens is 2. The van der Waals surface area contributed by atoms with E-state index in [1.54, 1.807) is 28.2 Å². The smallest absolute Gasteiger partial charge is 0.283 e. The van der Waals surface area contributed by atoms with Crippen LogP contribution in [0.3, 0.4) is 0 Å². The minimum absolute atomic E-state index is 0.174. The molecule has 1 saturated heterocycles. The topological polar surface area (TPSA) is 50.2 Å². The zero-order valence-corrected chi connectivity index (χ0v) is 22.4. The molecule has 5 rings (SSSR count). The van der Waals surface area contributed by atoms with Gasteiger partial charge >= 0.3 is 0 Å². The van der Waals surface area contributed by atoms with Gasteiger partial charge in [0.25, 0.3) is 5.91 Å². The number of nitrogens with zero attached hydrogens (tertiary/aromatic N) is 3. The van der Waals surface area contributed by atoms with Gasteiger partial charge in [0, 0.05) is 28.6 Å². The van der Waals surface area contributed by atoms with Crippen molar-refractivity contribution in [1.29, 1.82) is 0 Å². The summed E-state index contributed by atoms with van der Waals surface area (Å²) in [6, 6.07) is 9.54. The largest absolute Gasteiger partial charge is 0.286 e. The highest BCUT2D eigenvalue weighted by molar-refractivity contribution is 7.16. The summed E-state index contributed by atoms with van der Waals surface area (Å²) in [6.45, 7) is 5.97. The number of carbonyl (C=O) groups excluding carboxylic acids is 1. The molecule has 184 valence electrons. The average molecular weight is 530 g/mol. The van der Waals surface area contributed by atoms with Gasteiger partial charge in [0.05, 0.1) is 21.3 Å². The summed E-state index contributed by atoms with van der Waals surface area (Å²) in [4.78, 5) is 15.6. The van der Waals surface area contributed by atoms with Gasteiger partial charge in [0.1, 0.15) is 0 Å². The minimum Gasteiger partial charge on any atom is -0.283 e. The van der Waals surface area contributed by atoms with Crippen LogP contribution < -0.4 is 5.43 Å². The molecule has 2 fully saturated rings. The van der Waals surface area contributed by atoms with Crippen molar-refractivity contribution < 1.29 is 4.79 Å². The van der Waals surface area contributed by atoms with Crippen LogP contribution in [0.2, 0.25) is 10.0 Å². The van der Waals surface area contributed by atoms with Gasteiger partial charge in [-0.15, -0.1) is 11.3 Å². The van der Waals surface area contributed by atoms with E-state index in [0.717, 1.165) is 46.9 Å². The first-order valence-corrected chi connectivity index (χ1v) is 13.9. The highest BCUT2D eigenvalue weighted by Crippen LogP contribution is 2.38. The van der Waals surface area contributed by atoms with Crippen LogP contribution in [0.4, 0.5) is 0 Å². The predicted octanol–water partition coefficient (Wildman–Crippen LogP) is 7.41. The monoisotopic (exact) mass is 528 g/mol. The van der Waals surface area contributed by atoms with Crippen molar-refractivity contribution in [2.24, 2.45) is 11.8 Å². The average Bonchev–Trinajstić information content (AvgIpc) is 3.58. The lowest BCUT2D eigenvalue weighted by Gasteiger charge is -2.17. The standard InChI is InChI=1S/C27H30Cl2N4OS/c1-3-4-5-9-21-11-13-24(35-21)26-17(2)25(30-33(26)23-12-10-20(28)14-22(23)29)27(34)31-32-15-18-7-6-8-19(18)16-32/h5,9-14,18-19H,3-4,6-8,15-16H2,1-2H3,(H,31,34)/b9-5+. The summed E-state index contributed by atoms with van der Waals surface area (Å²) in [7, 11) is 0. The number of amides is 1. The molecule has 3 heterocycles.